The summed E-state index contributed by atoms with van der Waals surface area (Å²) in [7, 11) is 3.13. The van der Waals surface area contributed by atoms with Crippen LogP contribution in [0.25, 0.3) is 11.8 Å². The number of nitrogens with zero attached hydrogens (tertiary/aromatic N) is 2. The Balaban J connectivity index is 2.06. The number of amides is 1. The summed E-state index contributed by atoms with van der Waals surface area (Å²) in [5.74, 6) is 1.03. The highest BCUT2D eigenvalue weighted by Crippen LogP contribution is 2.29. The number of aromatic nitrogens is 1. The second kappa shape index (κ2) is 8.58. The zero-order chi connectivity index (χ0) is 19.2. The number of methoxy groups -OCH3 is 2. The zero-order valence-electron chi connectivity index (χ0n) is 15.7. The van der Waals surface area contributed by atoms with Crippen molar-refractivity contribution in [3.05, 3.63) is 58.5 Å². The van der Waals surface area contributed by atoms with Crippen molar-refractivity contribution < 1.29 is 14.3 Å². The Kier molecular flexibility index (Phi) is 5.96. The van der Waals surface area contributed by atoms with Crippen molar-refractivity contribution in [2.24, 2.45) is 0 Å². The molecule has 0 spiro atoms. The molecule has 2 aromatic rings. The first-order chi connectivity index (χ1) is 13.1. The predicted octanol–water partition coefficient (Wildman–Crippen LogP) is 2.88. The van der Waals surface area contributed by atoms with Gasteiger partial charge in [0.05, 0.1) is 14.2 Å². The lowest BCUT2D eigenvalue weighted by molar-refractivity contribution is -0.126. The molecule has 0 N–H and O–H groups in total. The summed E-state index contributed by atoms with van der Waals surface area (Å²) in [5, 5.41) is 0. The number of hydrogen-bond donors (Lipinski definition) is 0. The Morgan fingerprint density at radius 1 is 1.00 bits per heavy atom. The van der Waals surface area contributed by atoms with Gasteiger partial charge in [-0.05, 0) is 49.1 Å². The normalized spacial score (nSPS) is 14.7. The van der Waals surface area contributed by atoms with Crippen molar-refractivity contribution in [3.63, 3.8) is 0 Å². The van der Waals surface area contributed by atoms with Gasteiger partial charge in [-0.25, -0.2) is 0 Å². The van der Waals surface area contributed by atoms with Crippen molar-refractivity contribution >= 4 is 17.7 Å². The first kappa shape index (κ1) is 18.8. The minimum absolute atomic E-state index is 0.141. The van der Waals surface area contributed by atoms with E-state index in [1.165, 1.54) is 10.6 Å². The molecule has 0 unspecified atom stereocenters. The van der Waals surface area contributed by atoms with Gasteiger partial charge in [-0.2, -0.15) is 0 Å². The van der Waals surface area contributed by atoms with Crippen LogP contribution in [0.3, 0.4) is 0 Å². The van der Waals surface area contributed by atoms with Gasteiger partial charge in [0.25, 0.3) is 11.5 Å². The summed E-state index contributed by atoms with van der Waals surface area (Å²) in [6.45, 7) is 1.42. The molecule has 0 saturated carbocycles. The third kappa shape index (κ3) is 4.22. The molecule has 6 nitrogen and oxygen atoms in total. The predicted molar refractivity (Wildman–Crippen MR) is 105 cm³/mol. The van der Waals surface area contributed by atoms with Gasteiger partial charge in [0.1, 0.15) is 5.70 Å². The summed E-state index contributed by atoms with van der Waals surface area (Å²) < 4.78 is 12.0. The van der Waals surface area contributed by atoms with Crippen molar-refractivity contribution in [2.45, 2.75) is 19.3 Å². The smallest absolute Gasteiger partial charge is 0.270 e. The minimum Gasteiger partial charge on any atom is -0.493 e. The van der Waals surface area contributed by atoms with Crippen LogP contribution in [-0.4, -0.2) is 42.7 Å². The van der Waals surface area contributed by atoms with Crippen LogP contribution in [0.5, 0.6) is 11.5 Å². The van der Waals surface area contributed by atoms with Crippen LogP contribution in [-0.2, 0) is 4.79 Å². The van der Waals surface area contributed by atoms with E-state index in [2.05, 4.69) is 0 Å². The highest BCUT2D eigenvalue weighted by atomic mass is 16.5. The molecule has 0 aliphatic carbocycles. The molecular weight excluding hydrogens is 344 g/mol. The summed E-state index contributed by atoms with van der Waals surface area (Å²) >= 11 is 0. The van der Waals surface area contributed by atoms with E-state index in [1.807, 2.05) is 11.0 Å². The van der Waals surface area contributed by atoms with E-state index in [-0.39, 0.29) is 11.5 Å². The molecule has 142 valence electrons. The molecule has 1 amide bonds. The molecule has 1 aliphatic rings. The fourth-order valence-corrected chi connectivity index (χ4v) is 3.22. The summed E-state index contributed by atoms with van der Waals surface area (Å²) in [6.07, 6.45) is 6.44. The van der Waals surface area contributed by atoms with Crippen LogP contribution < -0.4 is 15.0 Å². The number of benzene rings is 1. The number of piperidine rings is 1. The van der Waals surface area contributed by atoms with Crippen LogP contribution in [0.1, 0.15) is 24.8 Å². The maximum Gasteiger partial charge on any atom is 0.270 e. The monoisotopic (exact) mass is 368 g/mol. The molecule has 1 saturated heterocycles. The first-order valence-corrected chi connectivity index (χ1v) is 9.05. The van der Waals surface area contributed by atoms with Gasteiger partial charge < -0.3 is 14.4 Å². The third-order valence-corrected chi connectivity index (χ3v) is 4.66. The van der Waals surface area contributed by atoms with Gasteiger partial charge in [-0.1, -0.05) is 12.1 Å². The van der Waals surface area contributed by atoms with Crippen molar-refractivity contribution in [1.82, 2.24) is 9.47 Å². The molecule has 3 rings (SSSR count). The number of rotatable bonds is 5. The number of carbonyl (C=O) groups is 1. The number of hydrogen-bond acceptors (Lipinski definition) is 4. The topological polar surface area (TPSA) is 60.8 Å². The minimum atomic E-state index is -0.241. The second-order valence-electron chi connectivity index (χ2n) is 6.41. The Morgan fingerprint density at radius 2 is 1.74 bits per heavy atom. The lowest BCUT2D eigenvalue weighted by atomic mass is 10.1. The van der Waals surface area contributed by atoms with E-state index < -0.39 is 0 Å². The Labute approximate surface area is 158 Å². The summed E-state index contributed by atoms with van der Waals surface area (Å²) in [6, 6.07) is 10.3. The second-order valence-corrected chi connectivity index (χ2v) is 6.41. The molecule has 1 aliphatic heterocycles. The van der Waals surface area contributed by atoms with E-state index >= 15 is 0 Å². The fraction of sp³-hybridized carbons (Fsp3) is 0.333. The highest BCUT2D eigenvalue weighted by molar-refractivity contribution is 6.18. The SMILES string of the molecule is COc1ccc(C=C(C(=O)N2CCCCC2)n2ccccc2=O)cc1OC. The Bertz CT molecular complexity index is 895. The van der Waals surface area contributed by atoms with Crippen molar-refractivity contribution in [3.8, 4) is 11.5 Å². The molecule has 1 fully saturated rings. The molecule has 2 heterocycles. The van der Waals surface area contributed by atoms with E-state index in [4.69, 9.17) is 9.47 Å². The van der Waals surface area contributed by atoms with E-state index in [0.29, 0.717) is 30.3 Å². The van der Waals surface area contributed by atoms with Crippen LogP contribution in [0.4, 0.5) is 0 Å². The third-order valence-electron chi connectivity index (χ3n) is 4.66. The van der Waals surface area contributed by atoms with Crippen molar-refractivity contribution in [1.29, 1.82) is 0 Å². The highest BCUT2D eigenvalue weighted by Gasteiger charge is 2.22. The maximum absolute atomic E-state index is 13.2. The van der Waals surface area contributed by atoms with Gasteiger partial charge >= 0.3 is 0 Å². The average Bonchev–Trinajstić information content (AvgIpc) is 2.72. The number of carbonyl (C=O) groups excluding carboxylic acids is 1. The van der Waals surface area contributed by atoms with E-state index in [9.17, 15) is 9.59 Å². The number of likely N-dealkylation sites (tertiary alicyclic amines) is 1. The molecule has 1 aromatic carbocycles. The maximum atomic E-state index is 13.2. The first-order valence-electron chi connectivity index (χ1n) is 9.05. The van der Waals surface area contributed by atoms with Gasteiger partial charge in [-0.3, -0.25) is 14.2 Å². The quantitative estimate of drug-likeness (QED) is 0.762. The van der Waals surface area contributed by atoms with Crippen LogP contribution in [0.15, 0.2) is 47.4 Å². The standard InChI is InChI=1S/C21H24N2O4/c1-26-18-10-9-16(15-19(18)27-2)14-17(23-13-7-4-8-20(23)24)21(25)22-11-5-3-6-12-22/h4,7-10,13-15H,3,5-6,11-12H2,1-2H3. The van der Waals surface area contributed by atoms with Gasteiger partial charge in [-0.15, -0.1) is 0 Å². The van der Waals surface area contributed by atoms with Gasteiger partial charge in [0, 0.05) is 25.4 Å². The van der Waals surface area contributed by atoms with Gasteiger partial charge in [0.15, 0.2) is 11.5 Å². The van der Waals surface area contributed by atoms with Crippen LogP contribution in [0, 0.1) is 0 Å². The summed E-state index contributed by atoms with van der Waals surface area (Å²) in [5.41, 5.74) is 0.841. The van der Waals surface area contributed by atoms with E-state index in [1.54, 1.807) is 50.8 Å². The Morgan fingerprint density at radius 3 is 2.41 bits per heavy atom. The Hall–Kier alpha value is -3.02. The van der Waals surface area contributed by atoms with Crippen LogP contribution in [0.2, 0.25) is 0 Å². The zero-order valence-corrected chi connectivity index (χ0v) is 15.7. The molecular formula is C21H24N2O4. The fourth-order valence-electron chi connectivity index (χ4n) is 3.22. The number of ether oxygens (including phenoxy) is 2. The molecule has 0 atom stereocenters. The molecule has 0 radical (unpaired) electrons. The number of pyridine rings is 1. The van der Waals surface area contributed by atoms with Gasteiger partial charge in [0.2, 0.25) is 0 Å². The lowest BCUT2D eigenvalue weighted by Gasteiger charge is -2.28. The van der Waals surface area contributed by atoms with Crippen LogP contribution >= 0.6 is 0 Å². The molecule has 6 heteroatoms. The lowest BCUT2D eigenvalue weighted by Crippen LogP contribution is -2.38. The van der Waals surface area contributed by atoms with E-state index in [0.717, 1.165) is 24.8 Å². The average molecular weight is 368 g/mol. The largest absolute Gasteiger partial charge is 0.493 e. The summed E-state index contributed by atoms with van der Waals surface area (Å²) in [4.78, 5) is 27.4. The molecule has 1 aromatic heterocycles. The molecule has 27 heavy (non-hydrogen) atoms. The van der Waals surface area contributed by atoms with Crippen molar-refractivity contribution in [2.75, 3.05) is 27.3 Å². The molecule has 0 bridgehead atoms.